The maximum atomic E-state index is 14.3. The van der Waals surface area contributed by atoms with Crippen LogP contribution < -0.4 is 9.47 Å². The molecular formula is C21H21FN2O4. The van der Waals surface area contributed by atoms with Crippen molar-refractivity contribution < 1.29 is 23.5 Å². The molecule has 0 saturated carbocycles. The summed E-state index contributed by atoms with van der Waals surface area (Å²) in [6.07, 6.45) is 0.163. The zero-order chi connectivity index (χ0) is 19.8. The molecule has 1 aromatic heterocycles. The Labute approximate surface area is 162 Å². The molecule has 146 valence electrons. The predicted molar refractivity (Wildman–Crippen MR) is 99.2 cm³/mol. The lowest BCUT2D eigenvalue weighted by atomic mass is 9.97. The maximum Gasteiger partial charge on any atom is 0.256 e. The number of carbonyl (C=O) groups excluding carboxylic acids is 2. The second-order valence-corrected chi connectivity index (χ2v) is 7.37. The van der Waals surface area contributed by atoms with Gasteiger partial charge in [0.25, 0.3) is 5.91 Å². The minimum absolute atomic E-state index is 0.0185. The average molecular weight is 384 g/mol. The van der Waals surface area contributed by atoms with Crippen molar-refractivity contribution in [3.05, 3.63) is 52.6 Å². The van der Waals surface area contributed by atoms with Gasteiger partial charge in [0.15, 0.2) is 5.78 Å². The summed E-state index contributed by atoms with van der Waals surface area (Å²) in [6.45, 7) is 5.25. The fraction of sp³-hybridized carbons (Fsp3) is 0.381. The van der Waals surface area contributed by atoms with Crippen LogP contribution in [0.2, 0.25) is 0 Å². The molecule has 2 aliphatic heterocycles. The predicted octanol–water partition coefficient (Wildman–Crippen LogP) is 2.49. The van der Waals surface area contributed by atoms with Crippen molar-refractivity contribution in [2.45, 2.75) is 20.3 Å². The molecule has 0 radical (unpaired) electrons. The number of nitrogens with zero attached hydrogens (tertiary/aromatic N) is 2. The Hall–Kier alpha value is -2.96. The van der Waals surface area contributed by atoms with E-state index in [4.69, 9.17) is 9.47 Å². The van der Waals surface area contributed by atoms with Crippen LogP contribution in [0.15, 0.2) is 24.3 Å². The zero-order valence-electron chi connectivity index (χ0n) is 15.8. The number of fused-ring (bicyclic) bond motifs is 1. The molecule has 0 unspecified atom stereocenters. The largest absolute Gasteiger partial charge is 0.491 e. The van der Waals surface area contributed by atoms with Gasteiger partial charge in [0.1, 0.15) is 23.9 Å². The van der Waals surface area contributed by atoms with E-state index in [9.17, 15) is 14.0 Å². The summed E-state index contributed by atoms with van der Waals surface area (Å²) in [6, 6.07) is 6.43. The van der Waals surface area contributed by atoms with E-state index in [2.05, 4.69) is 4.98 Å². The van der Waals surface area contributed by atoms with Crippen molar-refractivity contribution in [1.82, 2.24) is 9.88 Å². The smallest absolute Gasteiger partial charge is 0.256 e. The van der Waals surface area contributed by atoms with Crippen LogP contribution in [0.4, 0.5) is 4.39 Å². The maximum absolute atomic E-state index is 14.3. The number of carbonyl (C=O) groups is 2. The summed E-state index contributed by atoms with van der Waals surface area (Å²) >= 11 is 0. The summed E-state index contributed by atoms with van der Waals surface area (Å²) in [7, 11) is 0. The molecule has 1 fully saturated rings. The van der Waals surface area contributed by atoms with Gasteiger partial charge in [-0.05, 0) is 32.0 Å². The molecule has 6 nitrogen and oxygen atoms in total. The van der Waals surface area contributed by atoms with Gasteiger partial charge in [-0.25, -0.2) is 4.39 Å². The first-order valence-corrected chi connectivity index (χ1v) is 9.24. The number of halogens is 1. The molecule has 0 atom stereocenters. The number of aryl methyl sites for hydroxylation is 2. The van der Waals surface area contributed by atoms with Crippen molar-refractivity contribution in [3.8, 4) is 11.5 Å². The fourth-order valence-electron chi connectivity index (χ4n) is 3.50. The van der Waals surface area contributed by atoms with Crippen LogP contribution in [0.5, 0.6) is 11.5 Å². The van der Waals surface area contributed by atoms with Crippen LogP contribution >= 0.6 is 0 Å². The van der Waals surface area contributed by atoms with E-state index in [1.165, 1.54) is 12.1 Å². The number of amides is 1. The standard InChI is InChI=1S/C21H21FN2O4/c1-12-3-4-19(13(2)23-12)27-10-14-8-24(9-14)21(26)17-6-15-5-16(25)11-28-20(15)7-18(17)22/h3-4,6-7,14H,5,8-11H2,1-2H3. The highest BCUT2D eigenvalue weighted by Gasteiger charge is 2.34. The van der Waals surface area contributed by atoms with Crippen molar-refractivity contribution in [2.24, 2.45) is 5.92 Å². The lowest BCUT2D eigenvalue weighted by Crippen LogP contribution is -2.52. The van der Waals surface area contributed by atoms with Gasteiger partial charge in [0.05, 0.1) is 17.9 Å². The molecule has 3 heterocycles. The number of ether oxygens (including phenoxy) is 2. The Morgan fingerprint density at radius 2 is 2.11 bits per heavy atom. The van der Waals surface area contributed by atoms with Crippen LogP contribution in [0.1, 0.15) is 27.3 Å². The zero-order valence-corrected chi connectivity index (χ0v) is 15.8. The van der Waals surface area contributed by atoms with Crippen molar-refractivity contribution in [1.29, 1.82) is 0 Å². The molecule has 2 aliphatic rings. The number of aromatic nitrogens is 1. The number of rotatable bonds is 4. The minimum Gasteiger partial charge on any atom is -0.491 e. The number of ketones is 1. The minimum atomic E-state index is -0.626. The Kier molecular flexibility index (Phi) is 4.75. The highest BCUT2D eigenvalue weighted by Crippen LogP contribution is 2.29. The normalized spacial score (nSPS) is 16.2. The van der Waals surface area contributed by atoms with Gasteiger partial charge < -0.3 is 14.4 Å². The summed E-state index contributed by atoms with van der Waals surface area (Å²) in [4.78, 5) is 30.1. The second-order valence-electron chi connectivity index (χ2n) is 7.37. The number of benzene rings is 1. The second kappa shape index (κ2) is 7.22. The van der Waals surface area contributed by atoms with Gasteiger partial charge in [0.2, 0.25) is 0 Å². The molecule has 0 spiro atoms. The molecule has 7 heteroatoms. The van der Waals surface area contributed by atoms with Crippen LogP contribution in [0.3, 0.4) is 0 Å². The Balaban J connectivity index is 1.36. The van der Waals surface area contributed by atoms with E-state index < -0.39 is 5.82 Å². The first kappa shape index (κ1) is 18.4. The van der Waals surface area contributed by atoms with E-state index in [0.717, 1.165) is 17.1 Å². The van der Waals surface area contributed by atoms with Gasteiger partial charge >= 0.3 is 0 Å². The van der Waals surface area contributed by atoms with Gasteiger partial charge in [0, 0.05) is 42.8 Å². The molecule has 2 aromatic rings. The number of pyridine rings is 1. The summed E-state index contributed by atoms with van der Waals surface area (Å²) in [5.74, 6) is 0.183. The summed E-state index contributed by atoms with van der Waals surface area (Å²) in [5.41, 5.74) is 2.31. The summed E-state index contributed by atoms with van der Waals surface area (Å²) < 4.78 is 25.4. The van der Waals surface area contributed by atoms with Gasteiger partial charge in [-0.15, -0.1) is 0 Å². The molecule has 0 N–H and O–H groups in total. The molecule has 1 aromatic carbocycles. The SMILES string of the molecule is Cc1ccc(OCC2CN(C(=O)c3cc4c(cc3F)OCC(=O)C4)C2)c(C)n1. The fourth-order valence-corrected chi connectivity index (χ4v) is 3.50. The molecule has 0 aliphatic carbocycles. The number of hydrogen-bond donors (Lipinski definition) is 0. The van der Waals surface area contributed by atoms with Gasteiger partial charge in [-0.2, -0.15) is 0 Å². The highest BCUT2D eigenvalue weighted by atomic mass is 19.1. The van der Waals surface area contributed by atoms with E-state index in [-0.39, 0.29) is 36.2 Å². The molecule has 28 heavy (non-hydrogen) atoms. The number of hydrogen-bond acceptors (Lipinski definition) is 5. The van der Waals surface area contributed by atoms with Crippen molar-refractivity contribution >= 4 is 11.7 Å². The van der Waals surface area contributed by atoms with Crippen LogP contribution in [-0.4, -0.2) is 47.9 Å². The van der Waals surface area contributed by atoms with Gasteiger partial charge in [-0.3, -0.25) is 14.6 Å². The van der Waals surface area contributed by atoms with Crippen LogP contribution in [0, 0.1) is 25.6 Å². The average Bonchev–Trinajstić information content (AvgIpc) is 2.61. The quantitative estimate of drug-likeness (QED) is 0.810. The lowest BCUT2D eigenvalue weighted by molar-refractivity contribution is -0.121. The molecule has 1 amide bonds. The Morgan fingerprint density at radius 1 is 1.32 bits per heavy atom. The lowest BCUT2D eigenvalue weighted by Gasteiger charge is -2.39. The Bertz CT molecular complexity index is 954. The number of Topliss-reactive ketones (excluding diaryl/α,β-unsaturated/α-hetero) is 1. The van der Waals surface area contributed by atoms with Gasteiger partial charge in [-0.1, -0.05) is 0 Å². The monoisotopic (exact) mass is 384 g/mol. The first-order chi connectivity index (χ1) is 13.4. The van der Waals surface area contributed by atoms with E-state index in [0.29, 0.717) is 31.0 Å². The highest BCUT2D eigenvalue weighted by molar-refractivity contribution is 5.96. The molecular weight excluding hydrogens is 363 g/mol. The first-order valence-electron chi connectivity index (χ1n) is 9.24. The molecule has 1 saturated heterocycles. The van der Waals surface area contributed by atoms with Crippen LogP contribution in [-0.2, 0) is 11.2 Å². The third kappa shape index (κ3) is 3.56. The molecule has 0 bridgehead atoms. The van der Waals surface area contributed by atoms with E-state index in [1.54, 1.807) is 4.90 Å². The van der Waals surface area contributed by atoms with Crippen molar-refractivity contribution in [3.63, 3.8) is 0 Å². The third-order valence-corrected chi connectivity index (χ3v) is 5.05. The van der Waals surface area contributed by atoms with Crippen LogP contribution in [0.25, 0.3) is 0 Å². The molecule has 4 rings (SSSR count). The van der Waals surface area contributed by atoms with E-state index >= 15 is 0 Å². The van der Waals surface area contributed by atoms with Crippen molar-refractivity contribution in [2.75, 3.05) is 26.3 Å². The summed E-state index contributed by atoms with van der Waals surface area (Å²) in [5, 5.41) is 0. The van der Waals surface area contributed by atoms with E-state index in [1.807, 2.05) is 26.0 Å². The topological polar surface area (TPSA) is 68.7 Å². The Morgan fingerprint density at radius 3 is 2.86 bits per heavy atom. The number of likely N-dealkylation sites (tertiary alicyclic amines) is 1. The third-order valence-electron chi connectivity index (χ3n) is 5.05.